The van der Waals surface area contributed by atoms with E-state index in [0.29, 0.717) is 11.5 Å². The van der Waals surface area contributed by atoms with E-state index in [4.69, 9.17) is 0 Å². The zero-order valence-electron chi connectivity index (χ0n) is 18.9. The van der Waals surface area contributed by atoms with E-state index < -0.39 is 5.95 Å². The molecule has 0 atom stereocenters. The molecule has 0 heterocycles. The minimum Gasteiger partial charge on any atom is -0.481 e. The second kappa shape index (κ2) is 8.43. The fourth-order valence-electron chi connectivity index (χ4n) is 4.17. The SMILES string of the molecule is Cc1cc(C)c(C(=C(O)O)c2c(C(C)C)cc(C(C)C)cc2C(C)C)c(C)c1. The molecule has 0 aromatic heterocycles. The Bertz CT molecular complexity index is 843. The molecule has 2 nitrogen and oxygen atoms in total. The molecule has 0 saturated carbocycles. The number of aliphatic hydroxyl groups excluding tert-OH is 1. The van der Waals surface area contributed by atoms with Gasteiger partial charge in [-0.15, -0.1) is 0 Å². The van der Waals surface area contributed by atoms with Gasteiger partial charge in [-0.1, -0.05) is 71.4 Å². The van der Waals surface area contributed by atoms with E-state index in [1.807, 2.05) is 13.8 Å². The number of hydrogen-bond donors (Lipinski definition) is 2. The van der Waals surface area contributed by atoms with Gasteiger partial charge in [0.15, 0.2) is 0 Å². The topological polar surface area (TPSA) is 40.5 Å². The highest BCUT2D eigenvalue weighted by atomic mass is 16.5. The molecule has 0 aliphatic rings. The molecule has 0 saturated heterocycles. The van der Waals surface area contributed by atoms with Gasteiger partial charge in [0.05, 0.1) is 5.57 Å². The van der Waals surface area contributed by atoms with Crippen LogP contribution in [0.3, 0.4) is 0 Å². The highest BCUT2D eigenvalue weighted by Crippen LogP contribution is 2.41. The molecule has 2 N–H and O–H groups in total. The molecule has 0 fully saturated rings. The summed E-state index contributed by atoms with van der Waals surface area (Å²) in [6, 6.07) is 8.71. The van der Waals surface area contributed by atoms with Crippen molar-refractivity contribution in [3.63, 3.8) is 0 Å². The predicted molar refractivity (Wildman–Crippen MR) is 121 cm³/mol. The Morgan fingerprint density at radius 2 is 1.07 bits per heavy atom. The zero-order chi connectivity index (χ0) is 21.3. The van der Waals surface area contributed by atoms with Gasteiger partial charge >= 0.3 is 0 Å². The molecule has 0 radical (unpaired) electrons. The Labute approximate surface area is 170 Å². The number of hydrogen-bond acceptors (Lipinski definition) is 2. The average Bonchev–Trinajstić information content (AvgIpc) is 2.56. The van der Waals surface area contributed by atoms with Crippen molar-refractivity contribution in [1.29, 1.82) is 0 Å². The highest BCUT2D eigenvalue weighted by molar-refractivity contribution is 5.87. The summed E-state index contributed by atoms with van der Waals surface area (Å²) in [6.45, 7) is 19.3. The van der Waals surface area contributed by atoms with Crippen molar-refractivity contribution in [2.45, 2.75) is 80.1 Å². The first-order valence-corrected chi connectivity index (χ1v) is 10.3. The quantitative estimate of drug-likeness (QED) is 0.519. The van der Waals surface area contributed by atoms with Crippen molar-refractivity contribution in [2.24, 2.45) is 0 Å². The van der Waals surface area contributed by atoms with E-state index in [2.05, 4.69) is 72.7 Å². The van der Waals surface area contributed by atoms with Crippen LogP contribution in [0.2, 0.25) is 0 Å². The lowest BCUT2D eigenvalue weighted by Gasteiger charge is -2.26. The van der Waals surface area contributed by atoms with Crippen LogP contribution in [0.1, 0.15) is 104 Å². The van der Waals surface area contributed by atoms with E-state index in [1.54, 1.807) is 0 Å². The monoisotopic (exact) mass is 380 g/mol. The van der Waals surface area contributed by atoms with Crippen molar-refractivity contribution >= 4 is 5.57 Å². The van der Waals surface area contributed by atoms with Gasteiger partial charge in [0.2, 0.25) is 0 Å². The molecule has 0 unspecified atom stereocenters. The third-order valence-electron chi connectivity index (χ3n) is 5.53. The van der Waals surface area contributed by atoms with Crippen LogP contribution in [0.15, 0.2) is 30.2 Å². The maximum Gasteiger partial charge on any atom is 0.282 e. The maximum absolute atomic E-state index is 10.5. The third kappa shape index (κ3) is 4.27. The summed E-state index contributed by atoms with van der Waals surface area (Å²) in [5.74, 6) is 0.358. The largest absolute Gasteiger partial charge is 0.481 e. The summed E-state index contributed by atoms with van der Waals surface area (Å²) in [7, 11) is 0. The summed E-state index contributed by atoms with van der Waals surface area (Å²) in [5.41, 5.74) is 9.39. The average molecular weight is 381 g/mol. The zero-order valence-corrected chi connectivity index (χ0v) is 18.9. The van der Waals surface area contributed by atoms with Crippen molar-refractivity contribution < 1.29 is 10.2 Å². The summed E-state index contributed by atoms with van der Waals surface area (Å²) in [6.07, 6.45) is 0. The standard InChI is InChI=1S/C26H36O2/c1-14(2)20-12-21(15(3)4)24(22(13-20)16(5)6)25(26(27)28)23-18(8)10-17(7)11-19(23)9/h10-16,27-28H,1-9H3. The molecule has 28 heavy (non-hydrogen) atoms. The molecule has 0 aliphatic heterocycles. The third-order valence-corrected chi connectivity index (χ3v) is 5.53. The molecular weight excluding hydrogens is 344 g/mol. The number of aliphatic hydroxyl groups is 2. The Balaban J connectivity index is 3.00. The molecule has 2 heteroatoms. The first kappa shape index (κ1) is 22.1. The minimum atomic E-state index is -0.601. The molecular formula is C26H36O2. The molecule has 0 aliphatic carbocycles. The van der Waals surface area contributed by atoms with Gasteiger partial charge in [-0.2, -0.15) is 0 Å². The number of benzene rings is 2. The molecule has 2 aromatic rings. The lowest BCUT2D eigenvalue weighted by Crippen LogP contribution is -2.10. The highest BCUT2D eigenvalue weighted by Gasteiger charge is 2.25. The summed E-state index contributed by atoms with van der Waals surface area (Å²) in [4.78, 5) is 0. The summed E-state index contributed by atoms with van der Waals surface area (Å²) >= 11 is 0. The van der Waals surface area contributed by atoms with Crippen LogP contribution >= 0.6 is 0 Å². The first-order chi connectivity index (χ1) is 13.0. The normalized spacial score (nSPS) is 11.6. The molecule has 0 amide bonds. The smallest absolute Gasteiger partial charge is 0.282 e. The maximum atomic E-state index is 10.5. The fraction of sp³-hybridized carbons (Fsp3) is 0.462. The van der Waals surface area contributed by atoms with E-state index in [0.717, 1.165) is 22.3 Å². The lowest BCUT2D eigenvalue weighted by atomic mass is 9.78. The molecule has 2 aromatic carbocycles. The van der Waals surface area contributed by atoms with Gasteiger partial charge in [0.25, 0.3) is 5.95 Å². The van der Waals surface area contributed by atoms with Crippen molar-refractivity contribution in [3.8, 4) is 0 Å². The van der Waals surface area contributed by atoms with E-state index in [1.165, 1.54) is 22.3 Å². The fourth-order valence-corrected chi connectivity index (χ4v) is 4.17. The van der Waals surface area contributed by atoms with Crippen molar-refractivity contribution in [1.82, 2.24) is 0 Å². The first-order valence-electron chi connectivity index (χ1n) is 10.3. The van der Waals surface area contributed by atoms with Gasteiger partial charge in [-0.25, -0.2) is 0 Å². The molecule has 0 bridgehead atoms. The van der Waals surface area contributed by atoms with E-state index >= 15 is 0 Å². The van der Waals surface area contributed by atoms with Crippen LogP contribution in [0, 0.1) is 20.8 Å². The van der Waals surface area contributed by atoms with Gasteiger partial charge in [-0.3, -0.25) is 0 Å². The lowest BCUT2D eigenvalue weighted by molar-refractivity contribution is 0.194. The summed E-state index contributed by atoms with van der Waals surface area (Å²) < 4.78 is 0. The van der Waals surface area contributed by atoms with Crippen molar-refractivity contribution in [2.75, 3.05) is 0 Å². The second-order valence-electron chi connectivity index (χ2n) is 9.01. The summed E-state index contributed by atoms with van der Waals surface area (Å²) in [5, 5.41) is 20.9. The van der Waals surface area contributed by atoms with Crippen LogP contribution < -0.4 is 0 Å². The molecule has 2 rings (SSSR count). The van der Waals surface area contributed by atoms with Crippen LogP contribution in [0.5, 0.6) is 0 Å². The van der Waals surface area contributed by atoms with Crippen LogP contribution in [-0.2, 0) is 0 Å². The second-order valence-corrected chi connectivity index (χ2v) is 9.01. The van der Waals surface area contributed by atoms with Crippen LogP contribution in [-0.4, -0.2) is 10.2 Å². The predicted octanol–water partition coefficient (Wildman–Crippen LogP) is 7.81. The molecule has 0 spiro atoms. The molecule has 152 valence electrons. The number of aryl methyl sites for hydroxylation is 3. The van der Waals surface area contributed by atoms with Gasteiger partial charge in [0.1, 0.15) is 0 Å². The van der Waals surface area contributed by atoms with Gasteiger partial charge in [0, 0.05) is 0 Å². The van der Waals surface area contributed by atoms with Crippen LogP contribution in [0.4, 0.5) is 0 Å². The number of rotatable bonds is 5. The van der Waals surface area contributed by atoms with E-state index in [-0.39, 0.29) is 11.8 Å². The van der Waals surface area contributed by atoms with Gasteiger partial charge < -0.3 is 10.2 Å². The Kier molecular flexibility index (Phi) is 6.64. The van der Waals surface area contributed by atoms with Gasteiger partial charge in [-0.05, 0) is 77.5 Å². The Hall–Kier alpha value is -2.22. The van der Waals surface area contributed by atoms with Crippen molar-refractivity contribution in [3.05, 3.63) is 74.7 Å². The minimum absolute atomic E-state index is 0.270. The van der Waals surface area contributed by atoms with Crippen LogP contribution in [0.25, 0.3) is 5.57 Å². The Morgan fingerprint density at radius 3 is 1.39 bits per heavy atom. The Morgan fingerprint density at radius 1 is 0.643 bits per heavy atom. The van der Waals surface area contributed by atoms with E-state index in [9.17, 15) is 10.2 Å².